The van der Waals surface area contributed by atoms with Gasteiger partial charge in [-0.3, -0.25) is 4.79 Å². The van der Waals surface area contributed by atoms with Gasteiger partial charge in [0, 0.05) is 24.7 Å². The molecule has 1 fully saturated rings. The lowest BCUT2D eigenvalue weighted by molar-refractivity contribution is -0.129. The maximum absolute atomic E-state index is 13.9. The molecule has 1 aliphatic rings. The zero-order valence-electron chi connectivity index (χ0n) is 18.5. The first-order valence-corrected chi connectivity index (χ1v) is 11.9. The fourth-order valence-electron chi connectivity index (χ4n) is 4.42. The molecule has 0 bridgehead atoms. The molecule has 1 saturated heterocycles. The lowest BCUT2D eigenvalue weighted by Crippen LogP contribution is -2.30. The molecule has 1 N–H and O–H groups in total. The summed E-state index contributed by atoms with van der Waals surface area (Å²) in [6.45, 7) is 2.22. The van der Waals surface area contributed by atoms with Crippen LogP contribution in [-0.4, -0.2) is 32.2 Å². The van der Waals surface area contributed by atoms with Crippen molar-refractivity contribution >= 4 is 17.2 Å². The molecule has 0 spiro atoms. The van der Waals surface area contributed by atoms with Crippen molar-refractivity contribution in [2.75, 3.05) is 6.54 Å². The summed E-state index contributed by atoms with van der Waals surface area (Å²) in [6, 6.07) is 14.6. The van der Waals surface area contributed by atoms with Crippen molar-refractivity contribution in [3.63, 3.8) is 0 Å². The molecule has 0 saturated carbocycles. The molecule has 5 rings (SSSR count). The van der Waals surface area contributed by atoms with Crippen LogP contribution in [0.5, 0.6) is 5.75 Å². The Balaban J connectivity index is 1.51. The van der Waals surface area contributed by atoms with E-state index < -0.39 is 0 Å². The number of nitrogens with zero attached hydrogens (tertiary/aromatic N) is 3. The third-order valence-electron chi connectivity index (χ3n) is 6.22. The van der Waals surface area contributed by atoms with Crippen LogP contribution in [0.2, 0.25) is 0 Å². The molecule has 1 aliphatic heterocycles. The Morgan fingerprint density at radius 1 is 1.12 bits per heavy atom. The Bertz CT molecular complexity index is 1350. The molecule has 2 aromatic heterocycles. The van der Waals surface area contributed by atoms with Gasteiger partial charge in [-0.2, -0.15) is 9.49 Å². The highest BCUT2D eigenvalue weighted by atomic mass is 32.1. The number of aromatic hydroxyl groups is 1. The van der Waals surface area contributed by atoms with Crippen LogP contribution >= 0.6 is 11.3 Å². The number of thiophene rings is 1. The lowest BCUT2D eigenvalue weighted by Gasteiger charge is -2.25. The molecule has 8 heteroatoms. The second-order valence-corrected chi connectivity index (χ2v) is 9.51. The van der Waals surface area contributed by atoms with E-state index in [4.69, 9.17) is 5.10 Å². The summed E-state index contributed by atoms with van der Waals surface area (Å²) in [6.07, 6.45) is 3.59. The Morgan fingerprint density at radius 3 is 2.62 bits per heavy atom. The zero-order chi connectivity index (χ0) is 23.8. The number of phenols is 1. The fraction of sp³-hybridized carbons (Fsp3) is 0.231. The van der Waals surface area contributed by atoms with E-state index in [-0.39, 0.29) is 28.6 Å². The molecule has 0 aliphatic carbocycles. The highest BCUT2D eigenvalue weighted by molar-refractivity contribution is 7.13. The predicted octanol–water partition coefficient (Wildman–Crippen LogP) is 5.80. The SMILES string of the molecule is Cc1cc(-n2cc([C@H]3CCC(=O)N3CCc3ccc(O)cc3)c(-c3ccc(F)s3)n2)ccc1F. The Hall–Kier alpha value is -3.52. The lowest BCUT2D eigenvalue weighted by atomic mass is 10.0. The minimum absolute atomic E-state index is 0.0671. The number of benzene rings is 2. The predicted molar refractivity (Wildman–Crippen MR) is 127 cm³/mol. The summed E-state index contributed by atoms with van der Waals surface area (Å²) in [5, 5.41) is 14.0. The number of aromatic nitrogens is 2. The van der Waals surface area contributed by atoms with Crippen LogP contribution < -0.4 is 0 Å². The van der Waals surface area contributed by atoms with Crippen LogP contribution in [0.3, 0.4) is 0 Å². The second-order valence-electron chi connectivity index (χ2n) is 8.47. The van der Waals surface area contributed by atoms with E-state index >= 15 is 0 Å². The Labute approximate surface area is 199 Å². The van der Waals surface area contributed by atoms with Gasteiger partial charge in [0.2, 0.25) is 5.91 Å². The molecule has 5 nitrogen and oxygen atoms in total. The van der Waals surface area contributed by atoms with Crippen LogP contribution in [-0.2, 0) is 11.2 Å². The Morgan fingerprint density at radius 2 is 1.91 bits per heavy atom. The maximum Gasteiger partial charge on any atom is 0.223 e. The smallest absolute Gasteiger partial charge is 0.223 e. The van der Waals surface area contributed by atoms with Crippen LogP contribution in [0.25, 0.3) is 16.3 Å². The van der Waals surface area contributed by atoms with Gasteiger partial charge < -0.3 is 10.0 Å². The fourth-order valence-corrected chi connectivity index (χ4v) is 5.15. The van der Waals surface area contributed by atoms with Gasteiger partial charge >= 0.3 is 0 Å². The number of phenolic OH excluding ortho intramolecular Hbond substituents is 1. The minimum atomic E-state index is -0.306. The van der Waals surface area contributed by atoms with Crippen molar-refractivity contribution in [3.8, 4) is 22.0 Å². The number of aryl methyl sites for hydroxylation is 1. The van der Waals surface area contributed by atoms with E-state index in [1.807, 2.05) is 23.2 Å². The first-order valence-electron chi connectivity index (χ1n) is 11.1. The topological polar surface area (TPSA) is 58.4 Å². The quantitative estimate of drug-likeness (QED) is 0.380. The van der Waals surface area contributed by atoms with Crippen LogP contribution in [0.1, 0.15) is 35.6 Å². The molecule has 4 aromatic rings. The molecule has 0 radical (unpaired) electrons. The number of rotatable bonds is 6. The average Bonchev–Trinajstić information content (AvgIpc) is 3.53. The first kappa shape index (κ1) is 22.3. The molecule has 3 heterocycles. The number of carbonyl (C=O) groups is 1. The number of hydrogen-bond acceptors (Lipinski definition) is 4. The van der Waals surface area contributed by atoms with E-state index in [9.17, 15) is 18.7 Å². The van der Waals surface area contributed by atoms with Gasteiger partial charge in [-0.15, -0.1) is 11.3 Å². The molecule has 0 unspecified atom stereocenters. The second kappa shape index (κ2) is 9.02. The van der Waals surface area contributed by atoms with Crippen molar-refractivity contribution in [2.45, 2.75) is 32.2 Å². The molecule has 34 heavy (non-hydrogen) atoms. The van der Waals surface area contributed by atoms with Crippen LogP contribution in [0.4, 0.5) is 8.78 Å². The molecular weight excluding hydrogens is 456 g/mol. The van der Waals surface area contributed by atoms with Gasteiger partial charge in [0.05, 0.1) is 16.6 Å². The normalized spacial score (nSPS) is 15.9. The van der Waals surface area contributed by atoms with Crippen molar-refractivity contribution in [2.24, 2.45) is 0 Å². The number of amides is 1. The van der Waals surface area contributed by atoms with Crippen molar-refractivity contribution in [3.05, 3.63) is 88.4 Å². The van der Waals surface area contributed by atoms with Gasteiger partial charge in [-0.05, 0) is 73.4 Å². The Kier molecular flexibility index (Phi) is 5.91. The molecule has 174 valence electrons. The van der Waals surface area contributed by atoms with Gasteiger partial charge in [0.15, 0.2) is 5.13 Å². The molecule has 1 atom stereocenters. The summed E-state index contributed by atoms with van der Waals surface area (Å²) in [5.74, 6) is -0.0221. The monoisotopic (exact) mass is 479 g/mol. The van der Waals surface area contributed by atoms with Crippen molar-refractivity contribution in [1.29, 1.82) is 0 Å². The summed E-state index contributed by atoms with van der Waals surface area (Å²) < 4.78 is 29.4. The van der Waals surface area contributed by atoms with E-state index in [0.29, 0.717) is 47.6 Å². The molecular formula is C26H23F2N3O2S. The molecule has 1 amide bonds. The van der Waals surface area contributed by atoms with E-state index in [1.54, 1.807) is 41.9 Å². The average molecular weight is 480 g/mol. The maximum atomic E-state index is 13.9. The summed E-state index contributed by atoms with van der Waals surface area (Å²) in [4.78, 5) is 15.3. The van der Waals surface area contributed by atoms with Gasteiger partial charge in [-0.25, -0.2) is 9.07 Å². The highest BCUT2D eigenvalue weighted by Crippen LogP contribution is 2.40. The summed E-state index contributed by atoms with van der Waals surface area (Å²) >= 11 is 1.01. The highest BCUT2D eigenvalue weighted by Gasteiger charge is 2.35. The summed E-state index contributed by atoms with van der Waals surface area (Å²) in [7, 11) is 0. The van der Waals surface area contributed by atoms with Crippen molar-refractivity contribution in [1.82, 2.24) is 14.7 Å². The summed E-state index contributed by atoms with van der Waals surface area (Å²) in [5.41, 5.74) is 3.70. The largest absolute Gasteiger partial charge is 0.508 e. The minimum Gasteiger partial charge on any atom is -0.508 e. The third-order valence-corrected chi connectivity index (χ3v) is 7.10. The molecule has 2 aromatic carbocycles. The van der Waals surface area contributed by atoms with Crippen molar-refractivity contribution < 1.29 is 18.7 Å². The van der Waals surface area contributed by atoms with Crippen LogP contribution in [0, 0.1) is 17.9 Å². The number of carbonyl (C=O) groups excluding carboxylic acids is 1. The third kappa shape index (κ3) is 4.33. The standard InChI is InChI=1S/C26H23F2N3O2S/c1-16-14-18(4-7-21(16)27)31-15-20(26(29-31)23-9-10-24(28)34-23)22-8-11-25(33)30(22)13-12-17-2-5-19(32)6-3-17/h2-7,9-10,14-15,22,32H,8,11-13H2,1H3/t22-/m1/s1. The zero-order valence-corrected chi connectivity index (χ0v) is 19.4. The number of halogens is 2. The number of hydrogen-bond donors (Lipinski definition) is 1. The first-order chi connectivity index (χ1) is 16.4. The van der Waals surface area contributed by atoms with Crippen LogP contribution in [0.15, 0.2) is 60.8 Å². The van der Waals surface area contributed by atoms with Gasteiger partial charge in [-0.1, -0.05) is 12.1 Å². The van der Waals surface area contributed by atoms with Gasteiger partial charge in [0.25, 0.3) is 0 Å². The van der Waals surface area contributed by atoms with Gasteiger partial charge in [0.1, 0.15) is 17.3 Å². The van der Waals surface area contributed by atoms with E-state index in [0.717, 1.165) is 22.5 Å². The van der Waals surface area contributed by atoms with E-state index in [2.05, 4.69) is 0 Å². The van der Waals surface area contributed by atoms with E-state index in [1.165, 1.54) is 12.1 Å². The number of likely N-dealkylation sites (tertiary alicyclic amines) is 1.